The van der Waals surface area contributed by atoms with Crippen LogP contribution in [0.25, 0.3) is 27.5 Å². The van der Waals surface area contributed by atoms with Crippen molar-refractivity contribution in [3.05, 3.63) is 78.4 Å². The molecule has 5 aromatic rings. The summed E-state index contributed by atoms with van der Waals surface area (Å²) in [5.41, 5.74) is 12.4. The number of hydrogen-bond acceptors (Lipinski definition) is 6. The van der Waals surface area contributed by atoms with Crippen LogP contribution in [-0.2, 0) is 17.8 Å². The highest BCUT2D eigenvalue weighted by Gasteiger charge is 2.27. The van der Waals surface area contributed by atoms with E-state index in [0.29, 0.717) is 5.82 Å². The number of aryl methyl sites for hydroxylation is 1. The first-order valence-electron chi connectivity index (χ1n) is 13.7. The van der Waals surface area contributed by atoms with Crippen LogP contribution in [0.1, 0.15) is 43.4 Å². The molecular weight excluding hydrogens is 490 g/mol. The monoisotopic (exact) mass is 523 g/mol. The fourth-order valence-corrected chi connectivity index (χ4v) is 5.78. The van der Waals surface area contributed by atoms with Gasteiger partial charge in [0.15, 0.2) is 5.82 Å². The van der Waals surface area contributed by atoms with Crippen molar-refractivity contribution in [1.29, 1.82) is 0 Å². The Balaban J connectivity index is 1.22. The van der Waals surface area contributed by atoms with Crippen LogP contribution in [0.2, 0.25) is 0 Å². The SMILES string of the molecule is Nc1ncnn2c(CCCCN3CCCCC3C(=O)O)cc(-c3ccc4cn(Cc5ccccc5)nc4c3)c12. The summed E-state index contributed by atoms with van der Waals surface area (Å²) in [5.74, 6) is -0.260. The maximum atomic E-state index is 11.6. The molecule has 1 fully saturated rings. The summed E-state index contributed by atoms with van der Waals surface area (Å²) in [7, 11) is 0. The maximum absolute atomic E-state index is 11.6. The van der Waals surface area contributed by atoms with E-state index in [2.05, 4.69) is 57.6 Å². The summed E-state index contributed by atoms with van der Waals surface area (Å²) >= 11 is 0. The molecule has 1 aliphatic rings. The van der Waals surface area contributed by atoms with E-state index in [1.165, 1.54) is 11.9 Å². The number of carbonyl (C=O) groups is 1. The van der Waals surface area contributed by atoms with Crippen molar-refractivity contribution in [3.8, 4) is 11.1 Å². The molecule has 1 unspecified atom stereocenters. The van der Waals surface area contributed by atoms with Gasteiger partial charge < -0.3 is 10.8 Å². The lowest BCUT2D eigenvalue weighted by Crippen LogP contribution is -2.44. The van der Waals surface area contributed by atoms with Gasteiger partial charge in [-0.2, -0.15) is 10.2 Å². The van der Waals surface area contributed by atoms with Crippen LogP contribution in [0.15, 0.2) is 67.1 Å². The number of nitrogen functional groups attached to an aromatic ring is 1. The predicted molar refractivity (Wildman–Crippen MR) is 151 cm³/mol. The number of nitrogens with two attached hydrogens (primary N) is 1. The van der Waals surface area contributed by atoms with E-state index < -0.39 is 5.97 Å². The van der Waals surface area contributed by atoms with E-state index >= 15 is 0 Å². The molecule has 1 atom stereocenters. The lowest BCUT2D eigenvalue weighted by molar-refractivity contribution is -0.144. The number of benzene rings is 2. The van der Waals surface area contributed by atoms with Gasteiger partial charge in [-0.25, -0.2) is 9.50 Å². The van der Waals surface area contributed by atoms with Gasteiger partial charge in [0, 0.05) is 22.8 Å². The van der Waals surface area contributed by atoms with Crippen LogP contribution in [0.4, 0.5) is 5.82 Å². The van der Waals surface area contributed by atoms with Crippen LogP contribution in [0, 0.1) is 0 Å². The van der Waals surface area contributed by atoms with Crippen molar-refractivity contribution in [1.82, 2.24) is 29.3 Å². The maximum Gasteiger partial charge on any atom is 0.320 e. The number of aliphatic carboxylic acids is 1. The van der Waals surface area contributed by atoms with E-state index in [0.717, 1.165) is 91.4 Å². The zero-order valence-electron chi connectivity index (χ0n) is 21.9. The van der Waals surface area contributed by atoms with E-state index in [-0.39, 0.29) is 6.04 Å². The summed E-state index contributed by atoms with van der Waals surface area (Å²) in [6, 6.07) is 18.4. The summed E-state index contributed by atoms with van der Waals surface area (Å²) < 4.78 is 3.87. The van der Waals surface area contributed by atoms with Crippen molar-refractivity contribution in [3.63, 3.8) is 0 Å². The Morgan fingerprint density at radius 2 is 1.95 bits per heavy atom. The number of likely N-dealkylation sites (tertiary alicyclic amines) is 1. The fraction of sp³-hybridized carbons (Fsp3) is 0.333. The molecule has 0 spiro atoms. The quantitative estimate of drug-likeness (QED) is 0.271. The molecule has 200 valence electrons. The van der Waals surface area contributed by atoms with Crippen molar-refractivity contribution in [2.45, 2.75) is 51.1 Å². The van der Waals surface area contributed by atoms with Crippen LogP contribution >= 0.6 is 0 Å². The molecular formula is C30H33N7O2. The zero-order chi connectivity index (χ0) is 26.8. The molecule has 0 radical (unpaired) electrons. The summed E-state index contributed by atoms with van der Waals surface area (Å²) in [5, 5.41) is 20.0. The summed E-state index contributed by atoms with van der Waals surface area (Å²) in [6.07, 6.45) is 9.05. The van der Waals surface area contributed by atoms with Gasteiger partial charge in [0.25, 0.3) is 0 Å². The van der Waals surface area contributed by atoms with Crippen molar-refractivity contribution in [2.24, 2.45) is 0 Å². The average molecular weight is 524 g/mol. The first kappa shape index (κ1) is 25.1. The normalized spacial score (nSPS) is 16.3. The van der Waals surface area contributed by atoms with E-state index in [9.17, 15) is 9.90 Å². The van der Waals surface area contributed by atoms with E-state index in [1.54, 1.807) is 0 Å². The number of piperidine rings is 1. The Kier molecular flexibility index (Phi) is 6.98. The second-order valence-electron chi connectivity index (χ2n) is 10.4. The molecule has 1 aliphatic heterocycles. The average Bonchev–Trinajstić information content (AvgIpc) is 3.53. The number of nitrogens with zero attached hydrogens (tertiary/aromatic N) is 6. The van der Waals surface area contributed by atoms with Crippen LogP contribution in [-0.4, -0.2) is 59.5 Å². The third kappa shape index (κ3) is 5.22. The molecule has 0 amide bonds. The van der Waals surface area contributed by atoms with Crippen molar-refractivity contribution in [2.75, 3.05) is 18.8 Å². The molecule has 6 rings (SSSR count). The highest BCUT2D eigenvalue weighted by molar-refractivity contribution is 5.92. The van der Waals surface area contributed by atoms with Crippen molar-refractivity contribution < 1.29 is 9.90 Å². The minimum absolute atomic E-state index is 0.349. The van der Waals surface area contributed by atoms with Gasteiger partial charge in [-0.05, 0) is 68.5 Å². The Bertz CT molecular complexity index is 1610. The van der Waals surface area contributed by atoms with E-state index in [4.69, 9.17) is 10.8 Å². The Labute approximate surface area is 226 Å². The largest absolute Gasteiger partial charge is 0.480 e. The number of carboxylic acids is 1. The molecule has 2 aromatic carbocycles. The molecule has 0 bridgehead atoms. The van der Waals surface area contributed by atoms with Gasteiger partial charge in [0.1, 0.15) is 17.9 Å². The first-order chi connectivity index (χ1) is 19.1. The molecule has 0 aliphatic carbocycles. The number of hydrogen-bond donors (Lipinski definition) is 2. The van der Waals surface area contributed by atoms with Gasteiger partial charge in [-0.3, -0.25) is 14.4 Å². The van der Waals surface area contributed by atoms with Crippen LogP contribution in [0.5, 0.6) is 0 Å². The number of aromatic nitrogens is 5. The van der Waals surface area contributed by atoms with Crippen molar-refractivity contribution >= 4 is 28.2 Å². The summed E-state index contributed by atoms with van der Waals surface area (Å²) in [4.78, 5) is 18.0. The standard InChI is InChI=1S/C30H33N7O2/c31-29-28-25(22-12-13-23-19-36(34-26(23)16-22)18-21-8-2-1-3-9-21)17-24(37(28)33-20-32-29)10-4-6-14-35-15-7-5-11-27(35)30(38)39/h1-3,8-9,12-13,16-17,19-20,27H,4-7,10-11,14-15,18H2,(H,38,39)(H2,31,32,33). The number of fused-ring (bicyclic) bond motifs is 2. The molecule has 1 saturated heterocycles. The van der Waals surface area contributed by atoms with Gasteiger partial charge >= 0.3 is 5.97 Å². The second-order valence-corrected chi connectivity index (χ2v) is 10.4. The number of anilines is 1. The smallest absolute Gasteiger partial charge is 0.320 e. The minimum Gasteiger partial charge on any atom is -0.480 e. The third-order valence-electron chi connectivity index (χ3n) is 7.74. The summed E-state index contributed by atoms with van der Waals surface area (Å²) in [6.45, 7) is 2.38. The Morgan fingerprint density at radius 1 is 1.08 bits per heavy atom. The minimum atomic E-state index is -0.703. The van der Waals surface area contributed by atoms with Gasteiger partial charge in [0.2, 0.25) is 0 Å². The number of rotatable bonds is 9. The van der Waals surface area contributed by atoms with E-state index in [1.807, 2.05) is 27.4 Å². The van der Waals surface area contributed by atoms with Gasteiger partial charge in [-0.15, -0.1) is 0 Å². The van der Waals surface area contributed by atoms with Crippen LogP contribution in [0.3, 0.4) is 0 Å². The number of unbranched alkanes of at least 4 members (excludes halogenated alkanes) is 1. The molecule has 9 nitrogen and oxygen atoms in total. The third-order valence-corrected chi connectivity index (χ3v) is 7.74. The van der Waals surface area contributed by atoms with Gasteiger partial charge in [-0.1, -0.05) is 48.9 Å². The second kappa shape index (κ2) is 10.9. The molecule has 39 heavy (non-hydrogen) atoms. The molecule has 4 heterocycles. The lowest BCUT2D eigenvalue weighted by Gasteiger charge is -2.32. The topological polar surface area (TPSA) is 115 Å². The molecule has 3 N–H and O–H groups in total. The molecule has 9 heteroatoms. The molecule has 3 aromatic heterocycles. The first-order valence-corrected chi connectivity index (χ1v) is 13.7. The number of carboxylic acid groups (broad SMARTS) is 1. The fourth-order valence-electron chi connectivity index (χ4n) is 5.78. The van der Waals surface area contributed by atoms with Crippen LogP contribution < -0.4 is 5.73 Å². The Morgan fingerprint density at radius 3 is 2.79 bits per heavy atom. The highest BCUT2D eigenvalue weighted by atomic mass is 16.4. The Hall–Kier alpha value is -4.24. The molecule has 0 saturated carbocycles. The predicted octanol–water partition coefficient (Wildman–Crippen LogP) is 4.64. The van der Waals surface area contributed by atoms with Gasteiger partial charge in [0.05, 0.1) is 12.1 Å². The zero-order valence-corrected chi connectivity index (χ0v) is 21.9. The lowest BCUT2D eigenvalue weighted by atomic mass is 10.0. The highest BCUT2D eigenvalue weighted by Crippen LogP contribution is 2.32.